The van der Waals surface area contributed by atoms with E-state index in [1.54, 1.807) is 0 Å². The summed E-state index contributed by atoms with van der Waals surface area (Å²) >= 11 is 0. The molecule has 3 saturated carbocycles. The van der Waals surface area contributed by atoms with Gasteiger partial charge in [-0.15, -0.1) is 0 Å². The Bertz CT molecular complexity index is 610. The van der Waals surface area contributed by atoms with E-state index in [-0.39, 0.29) is 35.5 Å². The number of hydrogen-bond acceptors (Lipinski definition) is 3. The number of ketones is 1. The molecule has 4 heteroatoms. The number of carbonyl (C=O) groups excluding carboxylic acids is 1. The van der Waals surface area contributed by atoms with Crippen molar-refractivity contribution in [1.82, 2.24) is 0 Å². The molecule has 3 fully saturated rings. The standard InChI is InChI=1S/C21H31FO3/c1-20(25)7-5-13-12-6-8-21(2)16(3-4-17(21)19(24)11-23)14(12)9-18(22)15(13)10-20/h12-14,16-17,23,25H,3-11H2,1-2H3. The highest BCUT2D eigenvalue weighted by Gasteiger charge is 2.58. The van der Waals surface area contributed by atoms with E-state index in [1.165, 1.54) is 0 Å². The van der Waals surface area contributed by atoms with E-state index in [2.05, 4.69) is 6.92 Å². The molecule has 3 nitrogen and oxygen atoms in total. The van der Waals surface area contributed by atoms with Gasteiger partial charge in [-0.25, -0.2) is 4.39 Å². The number of Topliss-reactive ketones (excluding diaryl/α,β-unsaturated/α-hetero) is 1. The first-order valence-electron chi connectivity index (χ1n) is 10.0. The van der Waals surface area contributed by atoms with Gasteiger partial charge in [-0.3, -0.25) is 4.79 Å². The Morgan fingerprint density at radius 3 is 2.64 bits per heavy atom. The quantitative estimate of drug-likeness (QED) is 0.797. The van der Waals surface area contributed by atoms with E-state index < -0.39 is 5.60 Å². The molecule has 7 atom stereocenters. The zero-order valence-electron chi connectivity index (χ0n) is 15.4. The van der Waals surface area contributed by atoms with Crippen LogP contribution in [0.2, 0.25) is 0 Å². The largest absolute Gasteiger partial charge is 0.390 e. The molecule has 0 amide bonds. The van der Waals surface area contributed by atoms with Gasteiger partial charge in [0, 0.05) is 12.3 Å². The van der Waals surface area contributed by atoms with Crippen LogP contribution in [0.4, 0.5) is 4.39 Å². The van der Waals surface area contributed by atoms with Crippen molar-refractivity contribution >= 4 is 5.78 Å². The van der Waals surface area contributed by atoms with Crippen molar-refractivity contribution in [2.75, 3.05) is 6.61 Å². The lowest BCUT2D eigenvalue weighted by Gasteiger charge is -2.54. The van der Waals surface area contributed by atoms with Crippen LogP contribution in [0.3, 0.4) is 0 Å². The maximum absolute atomic E-state index is 15.0. The van der Waals surface area contributed by atoms with Crippen LogP contribution in [0.1, 0.15) is 65.2 Å². The van der Waals surface area contributed by atoms with Crippen LogP contribution >= 0.6 is 0 Å². The maximum Gasteiger partial charge on any atom is 0.161 e. The van der Waals surface area contributed by atoms with Gasteiger partial charge in [0.1, 0.15) is 6.61 Å². The van der Waals surface area contributed by atoms with Crippen molar-refractivity contribution in [1.29, 1.82) is 0 Å². The second-order valence-corrected chi connectivity index (χ2v) is 9.69. The van der Waals surface area contributed by atoms with Gasteiger partial charge in [0.2, 0.25) is 0 Å². The molecule has 0 aromatic rings. The zero-order chi connectivity index (χ0) is 18.0. The lowest BCUT2D eigenvalue weighted by Crippen LogP contribution is -2.49. The average Bonchev–Trinajstić information content (AvgIpc) is 2.91. The van der Waals surface area contributed by atoms with E-state index in [4.69, 9.17) is 0 Å². The molecule has 0 aliphatic heterocycles. The summed E-state index contributed by atoms with van der Waals surface area (Å²) in [5.74, 6) is 1.46. The van der Waals surface area contributed by atoms with Gasteiger partial charge in [-0.2, -0.15) is 0 Å². The predicted molar refractivity (Wildman–Crippen MR) is 93.3 cm³/mol. The minimum absolute atomic E-state index is 0.0207. The molecule has 2 N–H and O–H groups in total. The van der Waals surface area contributed by atoms with Gasteiger partial charge in [0.15, 0.2) is 5.78 Å². The topological polar surface area (TPSA) is 57.5 Å². The summed E-state index contributed by atoms with van der Waals surface area (Å²) in [6, 6.07) is 0. The minimum Gasteiger partial charge on any atom is -0.390 e. The second-order valence-electron chi connectivity index (χ2n) is 9.69. The van der Waals surface area contributed by atoms with Crippen LogP contribution in [-0.2, 0) is 4.79 Å². The molecule has 0 bridgehead atoms. The fourth-order valence-electron chi connectivity index (χ4n) is 7.13. The second kappa shape index (κ2) is 5.88. The van der Waals surface area contributed by atoms with Gasteiger partial charge in [0.05, 0.1) is 11.4 Å². The summed E-state index contributed by atoms with van der Waals surface area (Å²) in [5, 5.41) is 19.7. The molecular weight excluding hydrogens is 319 g/mol. The Labute approximate surface area is 149 Å². The number of aliphatic hydroxyl groups excluding tert-OH is 1. The first-order chi connectivity index (χ1) is 11.8. The van der Waals surface area contributed by atoms with Gasteiger partial charge in [-0.05, 0) is 86.5 Å². The van der Waals surface area contributed by atoms with Gasteiger partial charge < -0.3 is 10.2 Å². The van der Waals surface area contributed by atoms with E-state index in [0.717, 1.165) is 44.1 Å². The van der Waals surface area contributed by atoms with E-state index in [1.807, 2.05) is 6.92 Å². The summed E-state index contributed by atoms with van der Waals surface area (Å²) in [6.07, 6.45) is 6.52. The Morgan fingerprint density at radius 1 is 1.16 bits per heavy atom. The fraction of sp³-hybridized carbons (Fsp3) is 0.857. The highest BCUT2D eigenvalue weighted by atomic mass is 19.1. The van der Waals surface area contributed by atoms with Crippen molar-refractivity contribution in [2.24, 2.45) is 35.0 Å². The number of aliphatic hydroxyl groups is 2. The van der Waals surface area contributed by atoms with Crippen LogP contribution in [0.5, 0.6) is 0 Å². The molecule has 0 heterocycles. The van der Waals surface area contributed by atoms with Crippen molar-refractivity contribution in [2.45, 2.75) is 70.8 Å². The number of carbonyl (C=O) groups is 1. The first kappa shape index (κ1) is 17.7. The van der Waals surface area contributed by atoms with E-state index in [9.17, 15) is 19.4 Å². The highest BCUT2D eigenvalue weighted by Crippen LogP contribution is 2.64. The third-order valence-electron chi connectivity index (χ3n) is 8.33. The minimum atomic E-state index is -0.759. The molecule has 0 saturated heterocycles. The first-order valence-corrected chi connectivity index (χ1v) is 10.0. The number of allylic oxidation sites excluding steroid dienone is 1. The Kier molecular flexibility index (Phi) is 4.16. The fourth-order valence-corrected chi connectivity index (χ4v) is 7.13. The monoisotopic (exact) mass is 350 g/mol. The number of hydrogen-bond donors (Lipinski definition) is 2. The van der Waals surface area contributed by atoms with Crippen molar-refractivity contribution in [3.05, 3.63) is 11.4 Å². The smallest absolute Gasteiger partial charge is 0.161 e. The average molecular weight is 350 g/mol. The molecule has 25 heavy (non-hydrogen) atoms. The molecule has 4 aliphatic carbocycles. The van der Waals surface area contributed by atoms with Gasteiger partial charge >= 0.3 is 0 Å². The molecule has 4 rings (SSSR count). The molecule has 0 radical (unpaired) electrons. The lowest BCUT2D eigenvalue weighted by molar-refractivity contribution is -0.131. The summed E-state index contributed by atoms with van der Waals surface area (Å²) in [5.41, 5.74) is 0.0616. The molecule has 0 spiro atoms. The number of halogens is 1. The van der Waals surface area contributed by atoms with Crippen LogP contribution in [-0.4, -0.2) is 28.2 Å². The molecular formula is C21H31FO3. The van der Waals surface area contributed by atoms with Crippen LogP contribution in [0.25, 0.3) is 0 Å². The summed E-state index contributed by atoms with van der Waals surface area (Å²) in [4.78, 5) is 12.2. The highest BCUT2D eigenvalue weighted by molar-refractivity contribution is 5.83. The Morgan fingerprint density at radius 2 is 1.92 bits per heavy atom. The predicted octanol–water partition coefficient (Wildman–Crippen LogP) is 3.78. The molecule has 0 aromatic carbocycles. The van der Waals surface area contributed by atoms with Gasteiger partial charge in [0.25, 0.3) is 0 Å². The number of rotatable bonds is 2. The van der Waals surface area contributed by atoms with Crippen LogP contribution < -0.4 is 0 Å². The van der Waals surface area contributed by atoms with Crippen LogP contribution in [0.15, 0.2) is 11.4 Å². The lowest BCUT2D eigenvalue weighted by atomic mass is 9.51. The molecule has 140 valence electrons. The molecule has 4 aliphatic rings. The van der Waals surface area contributed by atoms with E-state index >= 15 is 0 Å². The Balaban J connectivity index is 1.63. The zero-order valence-corrected chi connectivity index (χ0v) is 15.4. The van der Waals surface area contributed by atoms with Crippen molar-refractivity contribution < 1.29 is 19.4 Å². The summed E-state index contributed by atoms with van der Waals surface area (Å²) in [6.45, 7) is 3.68. The number of fused-ring (bicyclic) bond motifs is 5. The third-order valence-corrected chi connectivity index (χ3v) is 8.33. The Hall–Kier alpha value is -0.740. The van der Waals surface area contributed by atoms with Gasteiger partial charge in [-0.1, -0.05) is 6.92 Å². The maximum atomic E-state index is 15.0. The summed E-state index contributed by atoms with van der Waals surface area (Å²) in [7, 11) is 0. The normalized spacial score (nSPS) is 49.4. The SMILES string of the molecule is CC1(O)CCC2C(=C(F)CC3C2CCC2(C)C(C(=O)CO)CCC32)C1. The summed E-state index contributed by atoms with van der Waals surface area (Å²) < 4.78 is 15.0. The van der Waals surface area contributed by atoms with Crippen molar-refractivity contribution in [3.8, 4) is 0 Å². The van der Waals surface area contributed by atoms with E-state index in [0.29, 0.717) is 30.6 Å². The molecule has 0 aromatic heterocycles. The third kappa shape index (κ3) is 2.63. The molecule has 7 unspecified atom stereocenters. The van der Waals surface area contributed by atoms with Crippen molar-refractivity contribution in [3.63, 3.8) is 0 Å². The van der Waals surface area contributed by atoms with Crippen LogP contribution in [0, 0.1) is 35.0 Å².